The fraction of sp³-hybridized carbons (Fsp3) is 0. The van der Waals surface area contributed by atoms with E-state index in [-0.39, 0.29) is 16.8 Å². The lowest BCUT2D eigenvalue weighted by Gasteiger charge is -2.01. The molecule has 0 aromatic heterocycles. The Morgan fingerprint density at radius 2 is 1.93 bits per heavy atom. The van der Waals surface area contributed by atoms with Gasteiger partial charge in [-0.3, -0.25) is 4.79 Å². The van der Waals surface area contributed by atoms with Gasteiger partial charge in [0.1, 0.15) is 5.69 Å². The van der Waals surface area contributed by atoms with Crippen molar-refractivity contribution in [2.75, 3.05) is 0 Å². The van der Waals surface area contributed by atoms with Crippen LogP contribution in [0.15, 0.2) is 23.4 Å². The van der Waals surface area contributed by atoms with Gasteiger partial charge in [-0.25, -0.2) is 4.79 Å². The zero-order chi connectivity index (χ0) is 10.7. The van der Waals surface area contributed by atoms with E-state index in [0.717, 1.165) is 12.1 Å². The molecule has 14 heavy (non-hydrogen) atoms. The summed E-state index contributed by atoms with van der Waals surface area (Å²) in [5, 5.41) is 11.2. The van der Waals surface area contributed by atoms with Crippen LogP contribution in [-0.2, 0) is 0 Å². The Balaban J connectivity index is 3.38. The summed E-state index contributed by atoms with van der Waals surface area (Å²) in [6.07, 6.45) is 0. The lowest BCUT2D eigenvalue weighted by Crippen LogP contribution is -2.15. The van der Waals surface area contributed by atoms with Crippen LogP contribution in [0.25, 0.3) is 0 Å². The van der Waals surface area contributed by atoms with Crippen LogP contribution in [0.4, 0.5) is 5.69 Å². The number of carbonyl (C=O) groups excluding carboxylic acids is 1. The number of carboxylic acids is 1. The Kier molecular flexibility index (Phi) is 2.57. The van der Waals surface area contributed by atoms with E-state index in [4.69, 9.17) is 10.8 Å². The predicted octanol–water partition coefficient (Wildman–Crippen LogP) is 0.882. The maximum atomic E-state index is 10.8. The van der Waals surface area contributed by atoms with E-state index in [1.165, 1.54) is 6.07 Å². The van der Waals surface area contributed by atoms with Crippen LogP contribution >= 0.6 is 0 Å². The van der Waals surface area contributed by atoms with E-state index < -0.39 is 11.9 Å². The topological polar surface area (TPSA) is 110 Å². The number of nitrogens with two attached hydrogens (primary N) is 1. The molecule has 1 aromatic rings. The van der Waals surface area contributed by atoms with Gasteiger partial charge in [-0.15, -0.1) is 4.91 Å². The average molecular weight is 194 g/mol. The number of hydrogen-bond donors (Lipinski definition) is 2. The lowest BCUT2D eigenvalue weighted by atomic mass is 10.1. The average Bonchev–Trinajstić information content (AvgIpc) is 2.16. The zero-order valence-electron chi connectivity index (χ0n) is 6.93. The molecule has 0 saturated carbocycles. The number of carbonyl (C=O) groups is 2. The van der Waals surface area contributed by atoms with Crippen LogP contribution in [0, 0.1) is 4.91 Å². The molecule has 1 rings (SSSR count). The first-order chi connectivity index (χ1) is 6.56. The van der Waals surface area contributed by atoms with Gasteiger partial charge in [-0.2, -0.15) is 0 Å². The molecule has 0 radical (unpaired) electrons. The molecular weight excluding hydrogens is 188 g/mol. The third-order valence-corrected chi connectivity index (χ3v) is 1.60. The van der Waals surface area contributed by atoms with Gasteiger partial charge in [0.25, 0.3) is 0 Å². The molecule has 0 aliphatic carbocycles. The second-order valence-electron chi connectivity index (χ2n) is 2.49. The van der Waals surface area contributed by atoms with Crippen molar-refractivity contribution in [3.63, 3.8) is 0 Å². The summed E-state index contributed by atoms with van der Waals surface area (Å²) in [5.41, 5.74) is 4.42. The highest BCUT2D eigenvalue weighted by atomic mass is 16.4. The van der Waals surface area contributed by atoms with Gasteiger partial charge in [-0.1, -0.05) is 0 Å². The molecule has 0 aliphatic heterocycles. The summed E-state index contributed by atoms with van der Waals surface area (Å²) in [4.78, 5) is 31.5. The van der Waals surface area contributed by atoms with Crippen LogP contribution in [-0.4, -0.2) is 17.0 Å². The molecule has 0 aliphatic rings. The van der Waals surface area contributed by atoms with Crippen molar-refractivity contribution >= 4 is 17.6 Å². The highest BCUT2D eigenvalue weighted by Gasteiger charge is 2.14. The molecule has 0 unspecified atom stereocenters. The minimum Gasteiger partial charge on any atom is -0.478 e. The summed E-state index contributed by atoms with van der Waals surface area (Å²) >= 11 is 0. The molecule has 72 valence electrons. The molecule has 0 atom stereocenters. The van der Waals surface area contributed by atoms with Gasteiger partial charge in [0.15, 0.2) is 0 Å². The Morgan fingerprint density at radius 3 is 2.36 bits per heavy atom. The number of primary amides is 1. The van der Waals surface area contributed by atoms with Crippen molar-refractivity contribution in [1.29, 1.82) is 0 Å². The fourth-order valence-corrected chi connectivity index (χ4v) is 0.979. The van der Waals surface area contributed by atoms with E-state index in [9.17, 15) is 14.5 Å². The molecular formula is C8H6N2O4. The Bertz CT molecular complexity index is 414. The number of hydrogen-bond acceptors (Lipinski definition) is 4. The maximum Gasteiger partial charge on any atom is 0.336 e. The van der Waals surface area contributed by atoms with Gasteiger partial charge >= 0.3 is 5.97 Å². The van der Waals surface area contributed by atoms with Crippen LogP contribution in [0.3, 0.4) is 0 Å². The van der Waals surface area contributed by atoms with Crippen LogP contribution in [0.2, 0.25) is 0 Å². The van der Waals surface area contributed by atoms with E-state index in [1.807, 2.05) is 0 Å². The fourth-order valence-electron chi connectivity index (χ4n) is 0.979. The van der Waals surface area contributed by atoms with Gasteiger partial charge in [-0.05, 0) is 23.4 Å². The number of amides is 1. The van der Waals surface area contributed by atoms with Gasteiger partial charge in [0.05, 0.1) is 11.1 Å². The van der Waals surface area contributed by atoms with Crippen molar-refractivity contribution in [3.05, 3.63) is 34.2 Å². The second-order valence-corrected chi connectivity index (χ2v) is 2.49. The van der Waals surface area contributed by atoms with Crippen molar-refractivity contribution in [2.24, 2.45) is 10.9 Å². The number of nitrogens with zero attached hydrogens (tertiary/aromatic N) is 1. The molecule has 1 aromatic carbocycles. The standard InChI is InChI=1S/C8H6N2O4/c9-7(11)6-3-4(10-14)1-2-5(6)8(12)13/h1-3H,(H2,9,11)(H,12,13). The van der Waals surface area contributed by atoms with Crippen molar-refractivity contribution in [1.82, 2.24) is 0 Å². The lowest BCUT2D eigenvalue weighted by molar-refractivity contribution is 0.0692. The molecule has 0 spiro atoms. The minimum absolute atomic E-state index is 0.0381. The van der Waals surface area contributed by atoms with Crippen LogP contribution < -0.4 is 5.73 Å². The Hall–Kier alpha value is -2.24. The number of carboxylic acid groups (broad SMARTS) is 1. The van der Waals surface area contributed by atoms with Crippen molar-refractivity contribution < 1.29 is 14.7 Å². The molecule has 3 N–H and O–H groups in total. The number of rotatable bonds is 3. The Labute approximate surface area is 78.3 Å². The molecule has 1 amide bonds. The summed E-state index contributed by atoms with van der Waals surface area (Å²) in [7, 11) is 0. The molecule has 0 saturated heterocycles. The number of aromatic carboxylic acids is 1. The smallest absolute Gasteiger partial charge is 0.336 e. The first-order valence-electron chi connectivity index (χ1n) is 3.56. The van der Waals surface area contributed by atoms with E-state index in [0.29, 0.717) is 0 Å². The largest absolute Gasteiger partial charge is 0.478 e. The number of nitroso groups, excluding NO2 is 1. The van der Waals surface area contributed by atoms with Crippen LogP contribution in [0.1, 0.15) is 20.7 Å². The quantitative estimate of drug-likeness (QED) is 0.695. The highest BCUT2D eigenvalue weighted by molar-refractivity contribution is 6.04. The molecule has 0 fully saturated rings. The SMILES string of the molecule is NC(=O)c1cc(N=O)ccc1C(=O)O. The van der Waals surface area contributed by atoms with Gasteiger partial charge in [0, 0.05) is 0 Å². The third kappa shape index (κ3) is 1.74. The maximum absolute atomic E-state index is 10.8. The Morgan fingerprint density at radius 1 is 1.29 bits per heavy atom. The monoisotopic (exact) mass is 194 g/mol. The van der Waals surface area contributed by atoms with Gasteiger partial charge in [0.2, 0.25) is 5.91 Å². The first-order valence-corrected chi connectivity index (χ1v) is 3.56. The molecule has 0 bridgehead atoms. The third-order valence-electron chi connectivity index (χ3n) is 1.60. The molecule has 0 heterocycles. The van der Waals surface area contributed by atoms with E-state index in [1.54, 1.807) is 0 Å². The summed E-state index contributed by atoms with van der Waals surface area (Å²) in [6.45, 7) is 0. The van der Waals surface area contributed by atoms with Crippen LogP contribution in [0.5, 0.6) is 0 Å². The van der Waals surface area contributed by atoms with Crippen molar-refractivity contribution in [2.45, 2.75) is 0 Å². The predicted molar refractivity (Wildman–Crippen MR) is 47.4 cm³/mol. The summed E-state index contributed by atoms with van der Waals surface area (Å²) in [6, 6.07) is 3.35. The first kappa shape index (κ1) is 9.85. The van der Waals surface area contributed by atoms with E-state index in [2.05, 4.69) is 5.18 Å². The highest BCUT2D eigenvalue weighted by Crippen LogP contribution is 2.17. The molecule has 6 nitrogen and oxygen atoms in total. The minimum atomic E-state index is -1.28. The van der Waals surface area contributed by atoms with Gasteiger partial charge < -0.3 is 10.8 Å². The summed E-state index contributed by atoms with van der Waals surface area (Å²) < 4.78 is 0. The van der Waals surface area contributed by atoms with E-state index >= 15 is 0 Å². The zero-order valence-corrected chi connectivity index (χ0v) is 6.93. The number of benzene rings is 1. The summed E-state index contributed by atoms with van der Waals surface area (Å²) in [5.74, 6) is -2.19. The second kappa shape index (κ2) is 3.65. The molecule has 6 heteroatoms. The van der Waals surface area contributed by atoms with Crippen molar-refractivity contribution in [3.8, 4) is 0 Å². The normalized spacial score (nSPS) is 9.43.